The summed E-state index contributed by atoms with van der Waals surface area (Å²) < 4.78 is 12.2. The lowest BCUT2D eigenvalue weighted by Gasteiger charge is -2.60. The predicted molar refractivity (Wildman–Crippen MR) is 177 cm³/mol. The minimum absolute atomic E-state index is 0.131. The van der Waals surface area contributed by atoms with E-state index in [0.717, 1.165) is 44.9 Å². The molecule has 4 aliphatic carbocycles. The minimum Gasteiger partial charge on any atom is -0.481 e. The summed E-state index contributed by atoms with van der Waals surface area (Å²) >= 11 is 0. The molecule has 48 heavy (non-hydrogen) atoms. The number of hydrogen-bond donors (Lipinski definition) is 7. The van der Waals surface area contributed by atoms with Crippen LogP contribution < -0.4 is 5.32 Å². The van der Waals surface area contributed by atoms with Crippen LogP contribution >= 0.6 is 0 Å². The van der Waals surface area contributed by atoms with Gasteiger partial charge in [0.1, 0.15) is 29.8 Å². The number of carboxylic acid groups (broad SMARTS) is 1. The molecule has 1 amide bonds. The SMILES string of the molecule is CC(=O)N[C@H]1[C@H](O[C@H]2CC[C@]3(C)C4=C(CC[C@H]3[C@@]2(CO)C(=O)O)[C@@H]2CC[C@H]([C@H](C)C[C@@H](O)CC(C)C)[C@@]2(C)CC4)O[C@H](CO)[C@@H](O)[C@@H]1O. The first kappa shape index (κ1) is 37.7. The van der Waals surface area contributed by atoms with Gasteiger partial charge in [0.2, 0.25) is 5.91 Å². The van der Waals surface area contributed by atoms with Crippen molar-refractivity contribution in [1.82, 2.24) is 5.32 Å². The largest absolute Gasteiger partial charge is 0.481 e. The summed E-state index contributed by atoms with van der Waals surface area (Å²) in [7, 11) is 0. The van der Waals surface area contributed by atoms with Crippen LogP contribution in [0.3, 0.4) is 0 Å². The van der Waals surface area contributed by atoms with Gasteiger partial charge in [-0.3, -0.25) is 9.59 Å². The topological polar surface area (TPSA) is 186 Å². The summed E-state index contributed by atoms with van der Waals surface area (Å²) in [5.41, 5.74) is 0.842. The number of aliphatic carboxylic acids is 1. The predicted octanol–water partition coefficient (Wildman–Crippen LogP) is 3.14. The maximum absolute atomic E-state index is 13.4. The highest BCUT2D eigenvalue weighted by molar-refractivity contribution is 5.77. The van der Waals surface area contributed by atoms with Crippen molar-refractivity contribution in [3.05, 3.63) is 11.1 Å². The van der Waals surface area contributed by atoms with Crippen molar-refractivity contribution < 1.29 is 49.7 Å². The monoisotopic (exact) mass is 679 g/mol. The molecule has 0 aromatic heterocycles. The molecule has 0 unspecified atom stereocenters. The van der Waals surface area contributed by atoms with Crippen LogP contribution in [-0.2, 0) is 19.1 Å². The second kappa shape index (κ2) is 14.2. The second-order valence-corrected chi connectivity index (χ2v) is 16.9. The molecule has 11 heteroatoms. The molecule has 0 spiro atoms. The molecule has 0 bridgehead atoms. The number of carbonyl (C=O) groups excluding carboxylic acids is 1. The molecule has 1 aliphatic heterocycles. The van der Waals surface area contributed by atoms with Gasteiger partial charge >= 0.3 is 5.97 Å². The molecule has 2 saturated carbocycles. The highest BCUT2D eigenvalue weighted by atomic mass is 16.7. The van der Waals surface area contributed by atoms with Gasteiger partial charge in [-0.2, -0.15) is 0 Å². The second-order valence-electron chi connectivity index (χ2n) is 16.9. The summed E-state index contributed by atoms with van der Waals surface area (Å²) in [6.45, 7) is 11.2. The first-order valence-corrected chi connectivity index (χ1v) is 18.3. The van der Waals surface area contributed by atoms with Crippen LogP contribution in [0.25, 0.3) is 0 Å². The van der Waals surface area contributed by atoms with E-state index in [1.54, 1.807) is 0 Å². The Hall–Kier alpha value is -1.60. The van der Waals surface area contributed by atoms with Crippen LogP contribution in [0.4, 0.5) is 0 Å². The molecule has 11 nitrogen and oxygen atoms in total. The standard InChI is InChI=1S/C37H61NO10/c1-19(2)15-22(42)16-20(3)24-8-9-25-23-7-10-28-36(6,26(23)11-13-35(24,25)5)14-12-29(37(28,18-40)34(45)46)48-33-30(38-21(4)41)32(44)31(43)27(17-39)47-33/h19-20,22,24-25,27-33,39-40,42-44H,7-18H2,1-6H3,(H,38,41)(H,45,46)/t20-,22+,24-,25+,27-,28-,29+,30-,31-,32-,33+,35-,36-,37-/m1/s1. The van der Waals surface area contributed by atoms with Gasteiger partial charge in [0.15, 0.2) is 6.29 Å². The molecule has 1 heterocycles. The quantitative estimate of drug-likeness (QED) is 0.160. The Balaban J connectivity index is 1.42. The average molecular weight is 680 g/mol. The first-order valence-electron chi connectivity index (χ1n) is 18.3. The van der Waals surface area contributed by atoms with Crippen molar-refractivity contribution >= 4 is 11.9 Å². The maximum atomic E-state index is 13.4. The number of carbonyl (C=O) groups is 2. The smallest absolute Gasteiger partial charge is 0.314 e. The molecular formula is C37H61NO10. The number of allylic oxidation sites excluding steroid dienone is 2. The molecule has 3 fully saturated rings. The van der Waals surface area contributed by atoms with Crippen LogP contribution in [0, 0.1) is 45.8 Å². The lowest BCUT2D eigenvalue weighted by molar-refractivity contribution is -0.303. The van der Waals surface area contributed by atoms with Crippen molar-refractivity contribution in [3.8, 4) is 0 Å². The van der Waals surface area contributed by atoms with Crippen LogP contribution in [-0.4, -0.2) is 98.6 Å². The third kappa shape index (κ3) is 6.28. The zero-order valence-corrected chi connectivity index (χ0v) is 29.7. The Kier molecular flexibility index (Phi) is 11.1. The van der Waals surface area contributed by atoms with E-state index in [1.807, 2.05) is 0 Å². The summed E-state index contributed by atoms with van der Waals surface area (Å²) in [4.78, 5) is 25.4. The number of rotatable bonds is 11. The molecule has 274 valence electrons. The van der Waals surface area contributed by atoms with E-state index in [0.29, 0.717) is 42.9 Å². The third-order valence-electron chi connectivity index (χ3n) is 13.7. The van der Waals surface area contributed by atoms with E-state index in [1.165, 1.54) is 18.1 Å². The molecule has 5 aliphatic rings. The van der Waals surface area contributed by atoms with Gasteiger partial charge in [-0.05, 0) is 105 Å². The van der Waals surface area contributed by atoms with Crippen molar-refractivity contribution in [2.45, 2.75) is 149 Å². The summed E-state index contributed by atoms with van der Waals surface area (Å²) in [5.74, 6) is -0.265. The van der Waals surface area contributed by atoms with E-state index in [-0.39, 0.29) is 11.5 Å². The van der Waals surface area contributed by atoms with Crippen LogP contribution in [0.5, 0.6) is 0 Å². The molecule has 1 saturated heterocycles. The maximum Gasteiger partial charge on any atom is 0.314 e. The van der Waals surface area contributed by atoms with Crippen molar-refractivity contribution in [1.29, 1.82) is 0 Å². The van der Waals surface area contributed by atoms with Gasteiger partial charge < -0.3 is 45.4 Å². The van der Waals surface area contributed by atoms with Crippen LogP contribution in [0.15, 0.2) is 11.1 Å². The number of aliphatic hydroxyl groups is 5. The van der Waals surface area contributed by atoms with E-state index >= 15 is 0 Å². The Labute approximate surface area is 285 Å². The molecular weight excluding hydrogens is 618 g/mol. The Morgan fingerprint density at radius 3 is 2.31 bits per heavy atom. The summed E-state index contributed by atoms with van der Waals surface area (Å²) in [6.07, 6.45) is 1.21. The Morgan fingerprint density at radius 2 is 1.71 bits per heavy atom. The molecule has 0 aromatic carbocycles. The average Bonchev–Trinajstić information content (AvgIpc) is 3.37. The first-order chi connectivity index (χ1) is 22.5. The molecule has 5 rings (SSSR count). The number of amides is 1. The third-order valence-corrected chi connectivity index (χ3v) is 13.7. The summed E-state index contributed by atoms with van der Waals surface area (Å²) in [6, 6.07) is -1.21. The van der Waals surface area contributed by atoms with Gasteiger partial charge in [-0.15, -0.1) is 0 Å². The summed E-state index contributed by atoms with van der Waals surface area (Å²) in [5, 5.41) is 66.5. The van der Waals surface area contributed by atoms with Crippen LogP contribution in [0.1, 0.15) is 106 Å². The van der Waals surface area contributed by atoms with Crippen molar-refractivity contribution in [2.24, 2.45) is 45.8 Å². The lowest BCUT2D eigenvalue weighted by Crippen LogP contribution is -2.67. The number of nitrogens with one attached hydrogen (secondary N) is 1. The minimum atomic E-state index is -1.68. The molecule has 7 N–H and O–H groups in total. The van der Waals surface area contributed by atoms with Gasteiger partial charge in [-0.25, -0.2) is 0 Å². The number of carboxylic acids is 1. The van der Waals surface area contributed by atoms with Crippen molar-refractivity contribution in [3.63, 3.8) is 0 Å². The lowest BCUT2D eigenvalue weighted by atomic mass is 9.45. The van der Waals surface area contributed by atoms with E-state index < -0.39 is 78.6 Å². The molecule has 14 atom stereocenters. The number of aliphatic hydroxyl groups excluding tert-OH is 5. The highest BCUT2D eigenvalue weighted by Crippen LogP contribution is 2.68. The van der Waals surface area contributed by atoms with Gasteiger partial charge in [-0.1, -0.05) is 45.8 Å². The number of hydrogen-bond acceptors (Lipinski definition) is 9. The molecule has 0 radical (unpaired) electrons. The fourth-order valence-corrected chi connectivity index (χ4v) is 11.5. The number of fused-ring (bicyclic) bond motifs is 4. The molecule has 0 aromatic rings. The Morgan fingerprint density at radius 1 is 1.00 bits per heavy atom. The normalized spacial score (nSPS) is 44.0. The van der Waals surface area contributed by atoms with Gasteiger partial charge in [0, 0.05) is 6.92 Å². The van der Waals surface area contributed by atoms with Crippen molar-refractivity contribution in [2.75, 3.05) is 13.2 Å². The fraction of sp³-hybridized carbons (Fsp3) is 0.892. The van der Waals surface area contributed by atoms with Gasteiger partial charge in [0.25, 0.3) is 0 Å². The van der Waals surface area contributed by atoms with E-state index in [2.05, 4.69) is 39.9 Å². The van der Waals surface area contributed by atoms with E-state index in [9.17, 15) is 40.2 Å². The zero-order valence-electron chi connectivity index (χ0n) is 29.7. The fourth-order valence-electron chi connectivity index (χ4n) is 11.5. The Bertz CT molecular complexity index is 1220. The van der Waals surface area contributed by atoms with Crippen LogP contribution in [0.2, 0.25) is 0 Å². The number of ether oxygens (including phenoxy) is 2. The van der Waals surface area contributed by atoms with E-state index in [4.69, 9.17) is 9.47 Å². The zero-order chi connectivity index (χ0) is 35.3. The van der Waals surface area contributed by atoms with Gasteiger partial charge in [0.05, 0.1) is 25.4 Å². The highest BCUT2D eigenvalue weighted by Gasteiger charge is 2.65.